The third-order valence-corrected chi connectivity index (χ3v) is 6.07. The van der Waals surface area contributed by atoms with Crippen molar-refractivity contribution in [2.45, 2.75) is 18.9 Å². The highest BCUT2D eigenvalue weighted by molar-refractivity contribution is 6.62. The lowest BCUT2D eigenvalue weighted by Gasteiger charge is -2.31. The van der Waals surface area contributed by atoms with Crippen molar-refractivity contribution in [2.75, 3.05) is 25.0 Å². The van der Waals surface area contributed by atoms with E-state index >= 15 is 0 Å². The first kappa shape index (κ1) is 22.8. The molecule has 1 aliphatic carbocycles. The predicted octanol–water partition coefficient (Wildman–Crippen LogP) is 0.334. The van der Waals surface area contributed by atoms with E-state index in [1.165, 1.54) is 12.1 Å². The Balaban J connectivity index is 1.17. The first-order chi connectivity index (χ1) is 17.0. The van der Waals surface area contributed by atoms with Crippen LogP contribution in [0.5, 0.6) is 0 Å². The second-order valence-electron chi connectivity index (χ2n) is 8.19. The Morgan fingerprint density at radius 3 is 2.97 bits per heavy atom. The number of benzene rings is 2. The van der Waals surface area contributed by atoms with Crippen molar-refractivity contribution >= 4 is 30.1 Å². The third-order valence-electron chi connectivity index (χ3n) is 6.07. The van der Waals surface area contributed by atoms with Gasteiger partial charge in [-0.3, -0.25) is 4.79 Å². The number of amidine groups is 1. The number of hydrogen-bond donors (Lipinski definition) is 5. The normalized spacial score (nSPS) is 16.7. The molecule has 0 bridgehead atoms. The molecule has 0 spiro atoms. The molecular weight excluding hydrogens is 458 g/mol. The molecule has 11 nitrogen and oxygen atoms in total. The lowest BCUT2D eigenvalue weighted by atomic mass is 9.70. The Morgan fingerprint density at radius 1 is 1.23 bits per heavy atom. The molecule has 5 N–H and O–H groups in total. The molecular formula is C22H22BFN6O5. The van der Waals surface area contributed by atoms with Crippen LogP contribution in [0.1, 0.15) is 38.8 Å². The van der Waals surface area contributed by atoms with Crippen molar-refractivity contribution in [1.29, 1.82) is 0 Å². The average molecular weight is 480 g/mol. The minimum atomic E-state index is -1.13. The Labute approximate surface area is 199 Å². The number of carbonyl (C=O) groups is 1. The average Bonchev–Trinajstić information content (AvgIpc) is 3.32. The quantitative estimate of drug-likeness (QED) is 0.0804. The Hall–Kier alpha value is -3.97. The number of halogens is 1. The molecule has 1 aliphatic heterocycles. The summed E-state index contributed by atoms with van der Waals surface area (Å²) in [5, 5.41) is 39.3. The summed E-state index contributed by atoms with van der Waals surface area (Å²) in [6.07, 6.45) is 1.26. The van der Waals surface area contributed by atoms with Crippen LogP contribution in [0.25, 0.3) is 0 Å². The maximum atomic E-state index is 13.5. The number of nitrogens with one attached hydrogen (secondary N) is 3. The topological polar surface area (TPSA) is 154 Å². The molecule has 3 aromatic rings. The van der Waals surface area contributed by atoms with Crippen LogP contribution in [0, 0.1) is 5.82 Å². The van der Waals surface area contributed by atoms with Gasteiger partial charge in [0, 0.05) is 25.3 Å². The van der Waals surface area contributed by atoms with E-state index in [0.717, 1.165) is 16.7 Å². The molecule has 2 aromatic carbocycles. The largest absolute Gasteiger partial charge is 0.492 e. The lowest BCUT2D eigenvalue weighted by Crippen LogP contribution is -2.46. The van der Waals surface area contributed by atoms with Gasteiger partial charge in [0.15, 0.2) is 11.5 Å². The van der Waals surface area contributed by atoms with Crippen LogP contribution in [0.2, 0.25) is 0 Å². The third kappa shape index (κ3) is 4.55. The molecule has 0 radical (unpaired) electrons. The molecule has 0 saturated heterocycles. The van der Waals surface area contributed by atoms with E-state index < -0.39 is 7.12 Å². The number of anilines is 1. The second kappa shape index (κ2) is 9.72. The first-order valence-electron chi connectivity index (χ1n) is 11.1. The molecule has 13 heteroatoms. The van der Waals surface area contributed by atoms with Gasteiger partial charge < -0.3 is 30.8 Å². The van der Waals surface area contributed by atoms with E-state index in [-0.39, 0.29) is 48.2 Å². The van der Waals surface area contributed by atoms with Gasteiger partial charge in [-0.2, -0.15) is 0 Å². The molecule has 5 rings (SSSR count). The Morgan fingerprint density at radius 2 is 2.11 bits per heavy atom. The number of amides is 1. The summed E-state index contributed by atoms with van der Waals surface area (Å²) in [6, 6.07) is 9.59. The van der Waals surface area contributed by atoms with Gasteiger partial charge in [-0.15, -0.1) is 0 Å². The Bertz CT molecular complexity index is 1280. The van der Waals surface area contributed by atoms with Gasteiger partial charge in [0.2, 0.25) is 5.82 Å². The van der Waals surface area contributed by atoms with E-state index in [0.29, 0.717) is 30.5 Å². The maximum absolute atomic E-state index is 13.5. The van der Waals surface area contributed by atoms with Gasteiger partial charge in [-0.1, -0.05) is 23.4 Å². The second-order valence-corrected chi connectivity index (χ2v) is 8.19. The monoisotopic (exact) mass is 480 g/mol. The number of rotatable bonds is 7. The van der Waals surface area contributed by atoms with Crippen molar-refractivity contribution in [3.63, 3.8) is 0 Å². The van der Waals surface area contributed by atoms with Crippen molar-refractivity contribution in [3.05, 3.63) is 70.2 Å². The fourth-order valence-electron chi connectivity index (χ4n) is 4.31. The minimum Gasteiger partial charge on any atom is -0.423 e. The van der Waals surface area contributed by atoms with E-state index in [1.807, 2.05) is 6.07 Å². The van der Waals surface area contributed by atoms with E-state index in [9.17, 15) is 19.4 Å². The van der Waals surface area contributed by atoms with Crippen LogP contribution in [-0.2, 0) is 17.5 Å². The fourth-order valence-corrected chi connectivity index (χ4v) is 4.31. The molecule has 0 saturated carbocycles. The molecule has 1 amide bonds. The van der Waals surface area contributed by atoms with Crippen molar-refractivity contribution in [2.24, 2.45) is 5.16 Å². The van der Waals surface area contributed by atoms with Crippen molar-refractivity contribution in [1.82, 2.24) is 20.9 Å². The smallest absolute Gasteiger partial charge is 0.423 e. The van der Waals surface area contributed by atoms with E-state index in [1.54, 1.807) is 18.2 Å². The van der Waals surface area contributed by atoms with Crippen LogP contribution in [0.3, 0.4) is 0 Å². The van der Waals surface area contributed by atoms with Gasteiger partial charge in [0.05, 0.1) is 6.04 Å². The van der Waals surface area contributed by atoms with Gasteiger partial charge in [-0.25, -0.2) is 9.02 Å². The Kier molecular flexibility index (Phi) is 6.34. The fraction of sp³-hybridized carbons (Fsp3) is 0.273. The molecule has 2 aliphatic rings. The number of aromatic nitrogens is 2. The molecule has 1 aromatic heterocycles. The molecule has 1 atom stereocenters. The van der Waals surface area contributed by atoms with Crippen LogP contribution >= 0.6 is 0 Å². The number of nitrogens with zero attached hydrogens (tertiary/aromatic N) is 3. The number of oxime groups is 1. The predicted molar refractivity (Wildman–Crippen MR) is 123 cm³/mol. The van der Waals surface area contributed by atoms with Crippen molar-refractivity contribution < 1.29 is 28.7 Å². The van der Waals surface area contributed by atoms with E-state index in [4.69, 9.17) is 9.28 Å². The summed E-state index contributed by atoms with van der Waals surface area (Å²) < 4.78 is 23.6. The molecule has 35 heavy (non-hydrogen) atoms. The summed E-state index contributed by atoms with van der Waals surface area (Å²) in [6.45, 7) is 0.882. The summed E-state index contributed by atoms with van der Waals surface area (Å²) in [4.78, 5) is 12.7. The zero-order valence-electron chi connectivity index (χ0n) is 18.5. The number of fused-ring (bicyclic) bond motifs is 2. The lowest BCUT2D eigenvalue weighted by molar-refractivity contribution is 0.0955. The molecule has 180 valence electrons. The highest BCUT2D eigenvalue weighted by Crippen LogP contribution is 2.33. The van der Waals surface area contributed by atoms with Gasteiger partial charge >= 0.3 is 7.12 Å². The maximum Gasteiger partial charge on any atom is 0.492 e. The van der Waals surface area contributed by atoms with Crippen LogP contribution in [0.15, 0.2) is 46.2 Å². The highest BCUT2D eigenvalue weighted by atomic mass is 19.1. The molecule has 0 fully saturated rings. The van der Waals surface area contributed by atoms with Crippen LogP contribution < -0.4 is 21.4 Å². The molecule has 1 unspecified atom stereocenters. The highest BCUT2D eigenvalue weighted by Gasteiger charge is 2.31. The summed E-state index contributed by atoms with van der Waals surface area (Å²) in [5.41, 5.74) is 3.65. The van der Waals surface area contributed by atoms with Crippen LogP contribution in [-0.4, -0.2) is 59.1 Å². The SMILES string of the molecule is O=C(NCCNc1nonc1C(=NO)NC1Cc2ccc(F)cc21)c1cccc2c1B(O)OCC2. The van der Waals surface area contributed by atoms with Gasteiger partial charge in [0.1, 0.15) is 5.82 Å². The minimum absolute atomic E-state index is 0.0163. The van der Waals surface area contributed by atoms with Crippen molar-refractivity contribution in [3.8, 4) is 0 Å². The summed E-state index contributed by atoms with van der Waals surface area (Å²) >= 11 is 0. The van der Waals surface area contributed by atoms with E-state index in [2.05, 4.69) is 31.4 Å². The standard InChI is InChI=1S/C22H22BFN6O5/c24-14-5-4-13-10-17(16(13)11-14)27-21(28-33)19-20(30-35-29-19)25-7-8-26-22(31)15-3-1-2-12-6-9-34-23(32)18(12)15/h1-5,11,17,32-33H,6-10H2,(H,25,30)(H,26,31)(H,27,28). The zero-order chi connectivity index (χ0) is 24.4. The number of hydrogen-bond acceptors (Lipinski definition) is 9. The van der Waals surface area contributed by atoms with Crippen LogP contribution in [0.4, 0.5) is 10.2 Å². The zero-order valence-corrected chi connectivity index (χ0v) is 18.5. The molecule has 2 heterocycles. The van der Waals surface area contributed by atoms with Gasteiger partial charge in [-0.05, 0) is 63.5 Å². The van der Waals surface area contributed by atoms with Gasteiger partial charge in [0.25, 0.3) is 5.91 Å². The summed E-state index contributed by atoms with van der Waals surface area (Å²) in [5.74, 6) is -0.466. The number of carbonyl (C=O) groups excluding carboxylic acids is 1. The first-order valence-corrected chi connectivity index (χ1v) is 11.1. The summed E-state index contributed by atoms with van der Waals surface area (Å²) in [7, 11) is -1.13.